The summed E-state index contributed by atoms with van der Waals surface area (Å²) in [5.41, 5.74) is 5.30. The highest BCUT2D eigenvalue weighted by atomic mass is 32.1. The van der Waals surface area contributed by atoms with Crippen molar-refractivity contribution in [2.24, 2.45) is 5.73 Å². The first-order valence-electron chi connectivity index (χ1n) is 6.31. The summed E-state index contributed by atoms with van der Waals surface area (Å²) in [6.45, 7) is 0.413. The molecular weight excluding hydrogens is 303 g/mol. The van der Waals surface area contributed by atoms with Crippen LogP contribution >= 0.6 is 12.2 Å². The largest absolute Gasteiger partial charge is 0.416 e. The lowest BCUT2D eigenvalue weighted by atomic mass is 10.0. The van der Waals surface area contributed by atoms with Crippen molar-refractivity contribution in [2.45, 2.75) is 25.1 Å². The predicted molar refractivity (Wildman–Crippen MR) is 77.0 cm³/mol. The lowest BCUT2D eigenvalue weighted by Crippen LogP contribution is -2.42. The minimum absolute atomic E-state index is 0.0324. The standard InChI is InChI=1S/C13H14F3N3OS/c14-13(15,16)7-1-3-10(9(5-7)12(17)21)19-8-2-4-11(20)18-6-8/h1,3,5,8,19H,2,4,6H2,(H2,17,21)(H,18,20). The van der Waals surface area contributed by atoms with Gasteiger partial charge < -0.3 is 16.4 Å². The van der Waals surface area contributed by atoms with Crippen LogP contribution in [0.15, 0.2) is 18.2 Å². The second-order valence-electron chi connectivity index (χ2n) is 4.81. The number of nitrogens with two attached hydrogens (primary N) is 1. The van der Waals surface area contributed by atoms with Crippen LogP contribution in [0.2, 0.25) is 0 Å². The molecule has 0 spiro atoms. The van der Waals surface area contributed by atoms with Crippen LogP contribution in [0.4, 0.5) is 18.9 Å². The number of benzene rings is 1. The van der Waals surface area contributed by atoms with Gasteiger partial charge in [0.2, 0.25) is 5.91 Å². The average molecular weight is 317 g/mol. The average Bonchev–Trinajstić information content (AvgIpc) is 2.40. The quantitative estimate of drug-likeness (QED) is 0.746. The Morgan fingerprint density at radius 1 is 1.43 bits per heavy atom. The Morgan fingerprint density at radius 2 is 2.14 bits per heavy atom. The van der Waals surface area contributed by atoms with Crippen molar-refractivity contribution in [3.05, 3.63) is 29.3 Å². The molecule has 1 fully saturated rings. The van der Waals surface area contributed by atoms with Gasteiger partial charge in [0.1, 0.15) is 4.99 Å². The number of nitrogens with one attached hydrogen (secondary N) is 2. The van der Waals surface area contributed by atoms with Gasteiger partial charge in [-0.25, -0.2) is 0 Å². The number of anilines is 1. The first-order valence-corrected chi connectivity index (χ1v) is 6.72. The molecule has 1 aromatic rings. The van der Waals surface area contributed by atoms with Gasteiger partial charge in [0, 0.05) is 30.3 Å². The highest BCUT2D eigenvalue weighted by Crippen LogP contribution is 2.32. The van der Waals surface area contributed by atoms with Gasteiger partial charge in [-0.15, -0.1) is 0 Å². The molecule has 4 nitrogen and oxygen atoms in total. The molecule has 21 heavy (non-hydrogen) atoms. The first kappa shape index (κ1) is 15.6. The molecule has 0 aromatic heterocycles. The molecular formula is C13H14F3N3OS. The van der Waals surface area contributed by atoms with Crippen molar-refractivity contribution in [2.75, 3.05) is 11.9 Å². The van der Waals surface area contributed by atoms with Crippen LogP contribution in [0.3, 0.4) is 0 Å². The van der Waals surface area contributed by atoms with E-state index in [0.29, 0.717) is 25.1 Å². The third-order valence-corrected chi connectivity index (χ3v) is 3.46. The highest BCUT2D eigenvalue weighted by Gasteiger charge is 2.31. The van der Waals surface area contributed by atoms with Crippen molar-refractivity contribution in [1.82, 2.24) is 5.32 Å². The van der Waals surface area contributed by atoms with E-state index >= 15 is 0 Å². The molecule has 0 bridgehead atoms. The van der Waals surface area contributed by atoms with Crippen molar-refractivity contribution in [1.29, 1.82) is 0 Å². The Kier molecular flexibility index (Phi) is 4.36. The van der Waals surface area contributed by atoms with Crippen LogP contribution in [0, 0.1) is 0 Å². The van der Waals surface area contributed by atoms with E-state index in [-0.39, 0.29) is 22.5 Å². The van der Waals surface area contributed by atoms with E-state index in [2.05, 4.69) is 10.6 Å². The fourth-order valence-electron chi connectivity index (χ4n) is 2.13. The molecule has 114 valence electrons. The number of hydrogen-bond donors (Lipinski definition) is 3. The molecule has 1 amide bonds. The molecule has 8 heteroatoms. The number of rotatable bonds is 3. The van der Waals surface area contributed by atoms with Gasteiger partial charge in [-0.05, 0) is 24.6 Å². The van der Waals surface area contributed by atoms with E-state index in [1.807, 2.05) is 0 Å². The number of carbonyl (C=O) groups is 1. The number of amides is 1. The molecule has 0 aliphatic carbocycles. The maximum absolute atomic E-state index is 12.7. The summed E-state index contributed by atoms with van der Waals surface area (Å²) in [6, 6.07) is 3.17. The number of alkyl halides is 3. The minimum Gasteiger partial charge on any atom is -0.389 e. The Labute approximate surface area is 124 Å². The van der Waals surface area contributed by atoms with E-state index in [9.17, 15) is 18.0 Å². The van der Waals surface area contributed by atoms with Crippen molar-refractivity contribution >= 4 is 28.8 Å². The first-order chi connectivity index (χ1) is 9.77. The third kappa shape index (κ3) is 3.84. The summed E-state index contributed by atoms with van der Waals surface area (Å²) in [6.07, 6.45) is -3.47. The van der Waals surface area contributed by atoms with Crippen LogP contribution in [0.5, 0.6) is 0 Å². The zero-order valence-electron chi connectivity index (χ0n) is 11.0. The van der Waals surface area contributed by atoms with Gasteiger partial charge in [0.05, 0.1) is 5.56 Å². The van der Waals surface area contributed by atoms with Crippen molar-refractivity contribution in [3.8, 4) is 0 Å². The molecule has 2 rings (SSSR count). The molecule has 1 aliphatic rings. The number of thiocarbonyl (C=S) groups is 1. The van der Waals surface area contributed by atoms with Crippen LogP contribution in [-0.2, 0) is 11.0 Å². The Bertz CT molecular complexity index is 564. The number of carbonyl (C=O) groups excluding carboxylic acids is 1. The molecule has 1 heterocycles. The van der Waals surface area contributed by atoms with E-state index in [1.165, 1.54) is 6.07 Å². The summed E-state index contributed by atoms with van der Waals surface area (Å²) in [5, 5.41) is 5.77. The zero-order chi connectivity index (χ0) is 15.6. The second-order valence-corrected chi connectivity index (χ2v) is 5.25. The maximum Gasteiger partial charge on any atom is 0.416 e. The lowest BCUT2D eigenvalue weighted by Gasteiger charge is -2.25. The van der Waals surface area contributed by atoms with Gasteiger partial charge in [0.25, 0.3) is 0 Å². The van der Waals surface area contributed by atoms with Gasteiger partial charge in [-0.2, -0.15) is 13.2 Å². The summed E-state index contributed by atoms with van der Waals surface area (Å²) in [5.74, 6) is -0.0324. The Morgan fingerprint density at radius 3 is 2.67 bits per heavy atom. The summed E-state index contributed by atoms with van der Waals surface area (Å²) in [4.78, 5) is 11.0. The van der Waals surface area contributed by atoms with E-state index in [1.54, 1.807) is 0 Å². The predicted octanol–water partition coefficient (Wildman–Crippen LogP) is 2.03. The molecule has 1 aromatic carbocycles. The normalized spacial score (nSPS) is 19.0. The molecule has 1 aliphatic heterocycles. The summed E-state index contributed by atoms with van der Waals surface area (Å²) in [7, 11) is 0. The van der Waals surface area contributed by atoms with Crippen LogP contribution in [0.1, 0.15) is 24.0 Å². The lowest BCUT2D eigenvalue weighted by molar-refractivity contribution is -0.137. The Balaban J connectivity index is 2.23. The van der Waals surface area contributed by atoms with Crippen LogP contribution < -0.4 is 16.4 Å². The van der Waals surface area contributed by atoms with E-state index < -0.39 is 11.7 Å². The summed E-state index contributed by atoms with van der Waals surface area (Å²) >= 11 is 4.82. The molecule has 1 saturated heterocycles. The monoisotopic (exact) mass is 317 g/mol. The number of halogens is 3. The van der Waals surface area contributed by atoms with Gasteiger partial charge in [-0.1, -0.05) is 12.2 Å². The minimum atomic E-state index is -4.45. The summed E-state index contributed by atoms with van der Waals surface area (Å²) < 4.78 is 38.1. The topological polar surface area (TPSA) is 67.1 Å². The zero-order valence-corrected chi connectivity index (χ0v) is 11.8. The van der Waals surface area contributed by atoms with Crippen LogP contribution in [0.25, 0.3) is 0 Å². The van der Waals surface area contributed by atoms with Crippen molar-refractivity contribution < 1.29 is 18.0 Å². The number of hydrogen-bond acceptors (Lipinski definition) is 3. The Hall–Kier alpha value is -1.83. The van der Waals surface area contributed by atoms with E-state index in [4.69, 9.17) is 18.0 Å². The van der Waals surface area contributed by atoms with E-state index in [0.717, 1.165) is 12.1 Å². The van der Waals surface area contributed by atoms with Gasteiger partial charge >= 0.3 is 6.18 Å². The second kappa shape index (κ2) is 5.88. The highest BCUT2D eigenvalue weighted by molar-refractivity contribution is 7.80. The fraction of sp³-hybridized carbons (Fsp3) is 0.385. The molecule has 1 unspecified atom stereocenters. The third-order valence-electron chi connectivity index (χ3n) is 3.24. The fourth-order valence-corrected chi connectivity index (χ4v) is 2.30. The SMILES string of the molecule is NC(=S)c1cc(C(F)(F)F)ccc1NC1CCC(=O)NC1. The molecule has 0 saturated carbocycles. The molecule has 1 atom stereocenters. The van der Waals surface area contributed by atoms with Gasteiger partial charge in [0.15, 0.2) is 0 Å². The number of piperidine rings is 1. The molecule has 4 N–H and O–H groups in total. The molecule has 0 radical (unpaired) electrons. The van der Waals surface area contributed by atoms with Crippen LogP contribution in [-0.4, -0.2) is 23.5 Å². The van der Waals surface area contributed by atoms with Gasteiger partial charge in [-0.3, -0.25) is 4.79 Å². The smallest absolute Gasteiger partial charge is 0.389 e. The van der Waals surface area contributed by atoms with Crippen molar-refractivity contribution in [3.63, 3.8) is 0 Å². The maximum atomic E-state index is 12.7.